The molecule has 0 spiro atoms. The third-order valence-electron chi connectivity index (χ3n) is 4.91. The molecule has 2 aromatic rings. The van der Waals surface area contributed by atoms with Gasteiger partial charge in [0.15, 0.2) is 0 Å². The van der Waals surface area contributed by atoms with Crippen LogP contribution in [0, 0.1) is 5.92 Å². The molecule has 0 amide bonds. The minimum absolute atomic E-state index is 0.264. The second-order valence-electron chi connectivity index (χ2n) is 8.28. The number of esters is 2. The fourth-order valence-corrected chi connectivity index (χ4v) is 3.43. The molecule has 1 saturated carbocycles. The van der Waals surface area contributed by atoms with Crippen molar-refractivity contribution in [2.24, 2.45) is 5.92 Å². The molecule has 0 saturated heterocycles. The Hall–Kier alpha value is -2.82. The molecule has 1 aliphatic rings. The Bertz CT molecular complexity index is 851. The molecule has 0 heterocycles. The highest BCUT2D eigenvalue weighted by Gasteiger charge is 2.67. The van der Waals surface area contributed by atoms with Crippen LogP contribution in [0.15, 0.2) is 54.6 Å². The Labute approximate surface area is 172 Å². The maximum atomic E-state index is 12.7. The van der Waals surface area contributed by atoms with E-state index in [2.05, 4.69) is 0 Å². The van der Waals surface area contributed by atoms with Gasteiger partial charge in [0.05, 0.1) is 12.5 Å². The first-order chi connectivity index (χ1) is 13.8. The largest absolute Gasteiger partial charge is 0.489 e. The molecule has 1 aliphatic carbocycles. The zero-order valence-electron chi connectivity index (χ0n) is 17.4. The maximum absolute atomic E-state index is 12.7. The van der Waals surface area contributed by atoms with Crippen LogP contribution in [0.2, 0.25) is 0 Å². The third kappa shape index (κ3) is 4.78. The van der Waals surface area contributed by atoms with E-state index in [9.17, 15) is 9.59 Å². The lowest BCUT2D eigenvalue weighted by Crippen LogP contribution is -2.31. The summed E-state index contributed by atoms with van der Waals surface area (Å²) in [6.07, 6.45) is 0.394. The molecule has 154 valence electrons. The van der Waals surface area contributed by atoms with Gasteiger partial charge >= 0.3 is 11.9 Å². The van der Waals surface area contributed by atoms with Crippen molar-refractivity contribution in [2.75, 3.05) is 6.61 Å². The molecule has 0 bridgehead atoms. The lowest BCUT2D eigenvalue weighted by Gasteiger charge is -2.21. The molecule has 2 atom stereocenters. The number of hydrogen-bond acceptors (Lipinski definition) is 5. The van der Waals surface area contributed by atoms with Gasteiger partial charge in [-0.3, -0.25) is 9.59 Å². The average Bonchev–Trinajstić information content (AvgIpc) is 3.44. The molecule has 3 rings (SSSR count). The van der Waals surface area contributed by atoms with E-state index in [1.54, 1.807) is 6.92 Å². The quantitative estimate of drug-likeness (QED) is 0.648. The Kier molecular flexibility index (Phi) is 5.96. The van der Waals surface area contributed by atoms with Gasteiger partial charge in [0.25, 0.3) is 0 Å². The summed E-state index contributed by atoms with van der Waals surface area (Å²) < 4.78 is 16.6. The minimum Gasteiger partial charge on any atom is -0.489 e. The molecule has 29 heavy (non-hydrogen) atoms. The van der Waals surface area contributed by atoms with E-state index in [1.807, 2.05) is 75.4 Å². The molecular formula is C24H28O5. The first kappa shape index (κ1) is 20.9. The molecule has 2 aromatic carbocycles. The van der Waals surface area contributed by atoms with Crippen LogP contribution in [-0.2, 0) is 31.1 Å². The second-order valence-corrected chi connectivity index (χ2v) is 8.28. The van der Waals surface area contributed by atoms with Gasteiger partial charge in [0, 0.05) is 0 Å². The van der Waals surface area contributed by atoms with Crippen molar-refractivity contribution >= 4 is 11.9 Å². The average molecular weight is 396 g/mol. The van der Waals surface area contributed by atoms with Crippen LogP contribution in [0.5, 0.6) is 5.75 Å². The van der Waals surface area contributed by atoms with Crippen molar-refractivity contribution in [1.82, 2.24) is 0 Å². The minimum atomic E-state index is -0.976. The van der Waals surface area contributed by atoms with Crippen LogP contribution in [0.1, 0.15) is 45.2 Å². The van der Waals surface area contributed by atoms with Gasteiger partial charge in [-0.25, -0.2) is 0 Å². The summed E-state index contributed by atoms with van der Waals surface area (Å²) in [6, 6.07) is 17.2. The topological polar surface area (TPSA) is 61.8 Å². The number of carbonyl (C=O) groups excluding carboxylic acids is 2. The van der Waals surface area contributed by atoms with E-state index in [0.717, 1.165) is 11.1 Å². The van der Waals surface area contributed by atoms with Crippen molar-refractivity contribution < 1.29 is 23.8 Å². The van der Waals surface area contributed by atoms with Crippen LogP contribution in [0.3, 0.4) is 0 Å². The van der Waals surface area contributed by atoms with E-state index in [1.165, 1.54) is 0 Å². The van der Waals surface area contributed by atoms with Gasteiger partial charge in [-0.2, -0.15) is 0 Å². The number of ether oxygens (including phenoxy) is 3. The van der Waals surface area contributed by atoms with Crippen molar-refractivity contribution in [3.63, 3.8) is 0 Å². The molecular weight excluding hydrogens is 368 g/mol. The fraction of sp³-hybridized carbons (Fsp3) is 0.417. The number of hydrogen-bond donors (Lipinski definition) is 0. The zero-order chi connectivity index (χ0) is 21.1. The van der Waals surface area contributed by atoms with Crippen molar-refractivity contribution in [2.45, 2.75) is 51.7 Å². The second kappa shape index (κ2) is 8.27. The number of carbonyl (C=O) groups is 2. The molecule has 0 aromatic heterocycles. The monoisotopic (exact) mass is 396 g/mol. The highest BCUT2D eigenvalue weighted by atomic mass is 16.6. The first-order valence-electron chi connectivity index (χ1n) is 9.93. The van der Waals surface area contributed by atoms with E-state index in [-0.39, 0.29) is 18.5 Å². The number of rotatable bonds is 7. The SMILES string of the molecule is CCOC(=O)[C@@]1(c2ccc(OCc3ccccc3)cc2)C[C@@H]1C(=O)OC(C)(C)C. The van der Waals surface area contributed by atoms with E-state index in [4.69, 9.17) is 14.2 Å². The van der Waals surface area contributed by atoms with Crippen LogP contribution < -0.4 is 4.74 Å². The Morgan fingerprint density at radius 1 is 1.03 bits per heavy atom. The van der Waals surface area contributed by atoms with Gasteiger partial charge in [-0.1, -0.05) is 42.5 Å². The zero-order valence-corrected chi connectivity index (χ0v) is 17.4. The summed E-state index contributed by atoms with van der Waals surface area (Å²) in [7, 11) is 0. The highest BCUT2D eigenvalue weighted by Crippen LogP contribution is 2.56. The summed E-state index contributed by atoms with van der Waals surface area (Å²) in [6.45, 7) is 7.94. The van der Waals surface area contributed by atoms with Crippen molar-refractivity contribution in [1.29, 1.82) is 0 Å². The van der Waals surface area contributed by atoms with E-state index >= 15 is 0 Å². The summed E-state index contributed by atoms with van der Waals surface area (Å²) >= 11 is 0. The molecule has 5 heteroatoms. The van der Waals surface area contributed by atoms with Crippen LogP contribution in [0.25, 0.3) is 0 Å². The third-order valence-corrected chi connectivity index (χ3v) is 4.91. The van der Waals surface area contributed by atoms with Gasteiger partial charge in [0.1, 0.15) is 23.4 Å². The molecule has 0 unspecified atom stereocenters. The summed E-state index contributed by atoms with van der Waals surface area (Å²) in [5.41, 5.74) is 0.247. The van der Waals surface area contributed by atoms with Crippen molar-refractivity contribution in [3.05, 3.63) is 65.7 Å². The normalized spacial score (nSPS) is 20.6. The van der Waals surface area contributed by atoms with E-state index in [0.29, 0.717) is 18.8 Å². The lowest BCUT2D eigenvalue weighted by atomic mass is 9.93. The molecule has 1 fully saturated rings. The lowest BCUT2D eigenvalue weighted by molar-refractivity contribution is -0.160. The maximum Gasteiger partial charge on any atom is 0.317 e. The predicted molar refractivity (Wildman–Crippen MR) is 109 cm³/mol. The molecule has 0 aliphatic heterocycles. The molecule has 0 radical (unpaired) electrons. The van der Waals surface area contributed by atoms with E-state index < -0.39 is 16.9 Å². The Morgan fingerprint density at radius 3 is 2.28 bits per heavy atom. The summed E-state index contributed by atoms with van der Waals surface area (Å²) in [5, 5.41) is 0. The Morgan fingerprint density at radius 2 is 1.69 bits per heavy atom. The Balaban J connectivity index is 1.75. The number of benzene rings is 2. The van der Waals surface area contributed by atoms with Gasteiger partial charge in [-0.15, -0.1) is 0 Å². The van der Waals surface area contributed by atoms with Gasteiger partial charge in [0.2, 0.25) is 0 Å². The van der Waals surface area contributed by atoms with Gasteiger partial charge in [-0.05, 0) is 57.4 Å². The summed E-state index contributed by atoms with van der Waals surface area (Å²) in [5.74, 6) is -0.577. The van der Waals surface area contributed by atoms with Crippen LogP contribution >= 0.6 is 0 Å². The first-order valence-corrected chi connectivity index (χ1v) is 9.93. The van der Waals surface area contributed by atoms with Crippen LogP contribution in [0.4, 0.5) is 0 Å². The highest BCUT2D eigenvalue weighted by molar-refractivity contribution is 5.96. The van der Waals surface area contributed by atoms with Crippen LogP contribution in [-0.4, -0.2) is 24.1 Å². The van der Waals surface area contributed by atoms with Crippen molar-refractivity contribution in [3.8, 4) is 5.75 Å². The molecule has 5 nitrogen and oxygen atoms in total. The van der Waals surface area contributed by atoms with Gasteiger partial charge < -0.3 is 14.2 Å². The standard InChI is InChI=1S/C24H28O5/c1-5-27-22(26)24(15-20(24)21(25)29-23(2,3)4)18-11-13-19(14-12-18)28-16-17-9-7-6-8-10-17/h6-14,20H,5,15-16H2,1-4H3/t20-,24-/m1/s1. The predicted octanol–water partition coefficient (Wildman–Crippen LogP) is 4.43. The fourth-order valence-electron chi connectivity index (χ4n) is 3.43. The smallest absolute Gasteiger partial charge is 0.317 e. The summed E-state index contributed by atoms with van der Waals surface area (Å²) in [4.78, 5) is 25.3. The molecule has 0 N–H and O–H groups in total.